The van der Waals surface area contributed by atoms with Gasteiger partial charge in [-0.05, 0) is 88.1 Å². The molecule has 4 unspecified atom stereocenters. The number of unbranched alkanes of at least 4 members (excludes halogenated alkanes) is 1. The Kier molecular flexibility index (Phi) is 37.3. The molecule has 6 rings (SSSR count). The van der Waals surface area contributed by atoms with Crippen LogP contribution in [0.2, 0.25) is 0 Å². The molecule has 2 fully saturated rings. The summed E-state index contributed by atoms with van der Waals surface area (Å²) in [7, 11) is 0. The molecule has 0 heterocycles. The molecule has 16 heteroatoms. The van der Waals surface area contributed by atoms with Crippen molar-refractivity contribution >= 4 is 58.5 Å². The lowest BCUT2D eigenvalue weighted by molar-refractivity contribution is -0.151. The van der Waals surface area contributed by atoms with E-state index in [0.717, 1.165) is 77.3 Å². The third-order valence-electron chi connectivity index (χ3n) is 14.7. The Hall–Kier alpha value is -9.18. The molecule has 480 valence electrons. The van der Waals surface area contributed by atoms with Crippen molar-refractivity contribution in [2.24, 2.45) is 28.1 Å². The van der Waals surface area contributed by atoms with Gasteiger partial charge >= 0.3 is 47.8 Å². The summed E-state index contributed by atoms with van der Waals surface area (Å²) in [5, 5.41) is 2.33. The van der Waals surface area contributed by atoms with Crippen molar-refractivity contribution in [1.29, 1.82) is 0 Å². The Labute approximate surface area is 527 Å². The van der Waals surface area contributed by atoms with Crippen LogP contribution in [0.3, 0.4) is 0 Å². The summed E-state index contributed by atoms with van der Waals surface area (Å²) in [5.41, 5.74) is 3.64. The molecule has 4 atom stereocenters. The van der Waals surface area contributed by atoms with E-state index in [-0.39, 0.29) is 62.5 Å². The number of carbonyl (C=O) groups excluding carboxylic acids is 8. The van der Waals surface area contributed by atoms with Gasteiger partial charge in [0.25, 0.3) is 0 Å². The Bertz CT molecular complexity index is 2920. The summed E-state index contributed by atoms with van der Waals surface area (Å²) in [6.07, 6.45) is 17.4. The molecular weight excluding hydrogens is 1130 g/mol. The lowest BCUT2D eigenvalue weighted by Gasteiger charge is -2.38. The number of ether oxygens (including phenoxy) is 8. The number of esters is 8. The highest BCUT2D eigenvalue weighted by Crippen LogP contribution is 2.66. The van der Waals surface area contributed by atoms with Crippen LogP contribution in [0, 0.1) is 28.1 Å². The van der Waals surface area contributed by atoms with Crippen molar-refractivity contribution in [3.63, 3.8) is 0 Å². The van der Waals surface area contributed by atoms with Gasteiger partial charge in [0.1, 0.15) is 32.5 Å². The molecule has 2 saturated carbocycles. The monoisotopic (exact) mass is 1220 g/mol. The van der Waals surface area contributed by atoms with E-state index in [9.17, 15) is 38.4 Å². The van der Waals surface area contributed by atoms with E-state index in [1.165, 1.54) is 49.3 Å². The lowest BCUT2D eigenvalue weighted by Crippen LogP contribution is -2.38. The summed E-state index contributed by atoms with van der Waals surface area (Å²) in [6.45, 7) is 43.2. The molecule has 0 spiro atoms. The zero-order chi connectivity index (χ0) is 66.8. The third kappa shape index (κ3) is 30.8. The van der Waals surface area contributed by atoms with Gasteiger partial charge in [0.2, 0.25) is 0 Å². The number of hydrogen-bond acceptors (Lipinski definition) is 16. The highest BCUT2D eigenvalue weighted by Gasteiger charge is 2.62. The minimum Gasteiger partial charge on any atom is -0.462 e. The SMILES string of the molecule is C=CC(=O)OC1CC2CCC1(C)C2(C)C.C=CC(=O)OCC(C)(C)COC(=O)C=C.C=CC(=O)OCC(CC)CCCC.C=CC(=O)OCc1ccc2ccccc2c1.C=CC(=O)OCc1cccc(COC(=O)C=C)c1.C=CC(=O)OCc1ccccc1. The second-order valence-corrected chi connectivity index (χ2v) is 22.0. The maximum absolute atomic E-state index is 11.3. The van der Waals surface area contributed by atoms with Crippen molar-refractivity contribution in [3.05, 3.63) is 221 Å². The van der Waals surface area contributed by atoms with Crippen LogP contribution >= 0.6 is 0 Å². The quantitative estimate of drug-likeness (QED) is 0.0309. The Balaban J connectivity index is 0.000000536. The fourth-order valence-corrected chi connectivity index (χ4v) is 8.91. The van der Waals surface area contributed by atoms with Crippen LogP contribution in [0.5, 0.6) is 0 Å². The van der Waals surface area contributed by atoms with Gasteiger partial charge in [0.15, 0.2) is 0 Å². The number of carbonyl (C=O) groups is 8. The van der Waals surface area contributed by atoms with E-state index in [0.29, 0.717) is 30.5 Å². The first kappa shape index (κ1) is 77.8. The Morgan fingerprint density at radius 2 is 0.899 bits per heavy atom. The summed E-state index contributed by atoms with van der Waals surface area (Å²) < 4.78 is 39.7. The summed E-state index contributed by atoms with van der Waals surface area (Å²) >= 11 is 0. The van der Waals surface area contributed by atoms with Gasteiger partial charge in [0, 0.05) is 59.4 Å². The van der Waals surface area contributed by atoms with Gasteiger partial charge in [-0.15, -0.1) is 0 Å². The number of benzene rings is 4. The van der Waals surface area contributed by atoms with Gasteiger partial charge in [0.05, 0.1) is 19.8 Å². The minimum absolute atomic E-state index is 0.0942. The molecule has 0 aromatic heterocycles. The average molecular weight is 1230 g/mol. The molecule has 16 nitrogen and oxygen atoms in total. The first-order chi connectivity index (χ1) is 42.3. The van der Waals surface area contributed by atoms with Crippen molar-refractivity contribution in [1.82, 2.24) is 0 Å². The van der Waals surface area contributed by atoms with Crippen LogP contribution < -0.4 is 0 Å². The highest BCUT2D eigenvalue weighted by atomic mass is 16.6. The van der Waals surface area contributed by atoms with E-state index in [1.54, 1.807) is 12.1 Å². The maximum atomic E-state index is 11.3. The van der Waals surface area contributed by atoms with Gasteiger partial charge in [-0.25, -0.2) is 38.4 Å². The zero-order valence-corrected chi connectivity index (χ0v) is 53.2. The van der Waals surface area contributed by atoms with Crippen molar-refractivity contribution in [2.75, 3.05) is 19.8 Å². The average Bonchev–Trinajstić information content (AvgIpc) is 1.59. The molecule has 2 bridgehead atoms. The summed E-state index contributed by atoms with van der Waals surface area (Å²) in [4.78, 5) is 87.0. The van der Waals surface area contributed by atoms with Crippen molar-refractivity contribution in [2.45, 2.75) is 126 Å². The first-order valence-electron chi connectivity index (χ1n) is 29.3. The van der Waals surface area contributed by atoms with E-state index in [1.807, 2.05) is 92.7 Å². The fraction of sp³-hybridized carbons (Fsp3) is 0.370. The normalized spacial score (nSPS) is 15.4. The minimum atomic E-state index is -0.488. The smallest absolute Gasteiger partial charge is 0.330 e. The van der Waals surface area contributed by atoms with Gasteiger partial charge in [-0.2, -0.15) is 0 Å². The fourth-order valence-electron chi connectivity index (χ4n) is 8.91. The van der Waals surface area contributed by atoms with E-state index in [4.69, 9.17) is 37.9 Å². The van der Waals surface area contributed by atoms with Crippen LogP contribution in [-0.2, 0) is 103 Å². The van der Waals surface area contributed by atoms with E-state index < -0.39 is 35.3 Å². The molecule has 4 aromatic carbocycles. The Morgan fingerprint density at radius 3 is 1.31 bits per heavy atom. The van der Waals surface area contributed by atoms with Crippen molar-refractivity contribution in [3.8, 4) is 0 Å². The van der Waals surface area contributed by atoms with Crippen LogP contribution in [0.15, 0.2) is 198 Å². The standard InChI is InChI=1S/C14H14O4.C14H12O2.C13H20O2.C11H16O4.C11H20O2.C10H10O2/c1-3-13(15)17-9-11-6-5-7-12(8-11)10-18-14(16)4-2;1-2-14(15)16-10-11-7-8-12-5-3-4-6-13(12)9-11;1-5-11(14)15-10-8-9-6-7-13(10,4)12(9,2)3;1-5-9(12)14-7-11(3,4)8-15-10(13)6-2;1-4-7-8-10(5-2)9-13-11(12)6-3;1-2-10(11)12-8-9-6-4-3-5-7-9/h3-8H,1-2,9-10H2;2-9H,1,10H2;5,9-10H,1,6-8H2,2-4H3;5-6H,1-2,7-8H2,3-4H3;6,10H,3-5,7-9H2,1-2H3;2-7H,1,8H2. The Morgan fingerprint density at radius 1 is 0.494 bits per heavy atom. The highest BCUT2D eigenvalue weighted by molar-refractivity contribution is 5.85. The van der Waals surface area contributed by atoms with Crippen LogP contribution in [0.1, 0.15) is 116 Å². The second-order valence-electron chi connectivity index (χ2n) is 22.0. The van der Waals surface area contributed by atoms with Crippen LogP contribution in [0.4, 0.5) is 0 Å². The third-order valence-corrected chi connectivity index (χ3v) is 14.7. The molecular formula is C73H92O16. The predicted molar refractivity (Wildman–Crippen MR) is 347 cm³/mol. The second kappa shape index (κ2) is 42.6. The number of hydrogen-bond donors (Lipinski definition) is 0. The predicted octanol–water partition coefficient (Wildman–Crippen LogP) is 14.5. The van der Waals surface area contributed by atoms with E-state index in [2.05, 4.69) is 93.3 Å². The summed E-state index contributed by atoms with van der Waals surface area (Å²) in [6, 6.07) is 30.8. The first-order valence-corrected chi connectivity index (χ1v) is 29.3. The van der Waals surface area contributed by atoms with Gasteiger partial charge in [-0.1, -0.05) is 205 Å². The number of fused-ring (bicyclic) bond motifs is 3. The van der Waals surface area contributed by atoms with Crippen LogP contribution in [-0.4, -0.2) is 73.7 Å². The van der Waals surface area contributed by atoms with Crippen LogP contribution in [0.25, 0.3) is 10.8 Å². The molecule has 4 aromatic rings. The number of rotatable bonds is 27. The molecule has 89 heavy (non-hydrogen) atoms. The molecule has 0 radical (unpaired) electrons. The van der Waals surface area contributed by atoms with Gasteiger partial charge in [-0.3, -0.25) is 0 Å². The van der Waals surface area contributed by atoms with Gasteiger partial charge < -0.3 is 37.9 Å². The molecule has 0 amide bonds. The van der Waals surface area contributed by atoms with E-state index >= 15 is 0 Å². The molecule has 0 aliphatic heterocycles. The topological polar surface area (TPSA) is 210 Å². The maximum Gasteiger partial charge on any atom is 0.330 e. The summed E-state index contributed by atoms with van der Waals surface area (Å²) in [5.74, 6) is -2.06. The molecule has 2 aliphatic rings. The van der Waals surface area contributed by atoms with Crippen molar-refractivity contribution < 1.29 is 76.3 Å². The molecule has 0 N–H and O–H groups in total. The zero-order valence-electron chi connectivity index (χ0n) is 53.2. The molecule has 2 aliphatic carbocycles. The largest absolute Gasteiger partial charge is 0.462 e. The molecule has 0 saturated heterocycles. The lowest BCUT2D eigenvalue weighted by atomic mass is 9.70.